The van der Waals surface area contributed by atoms with Gasteiger partial charge in [0.1, 0.15) is 0 Å². The molecule has 0 bridgehead atoms. The number of benzene rings is 1. The van der Waals surface area contributed by atoms with Crippen molar-refractivity contribution in [3.8, 4) is 5.69 Å². The van der Waals surface area contributed by atoms with Gasteiger partial charge in [-0.15, -0.1) is 5.10 Å². The minimum Gasteiger partial charge on any atom is -0.381 e. The number of nitrogens with two attached hydrogens (primary N) is 1. The van der Waals surface area contributed by atoms with Crippen LogP contribution in [0.1, 0.15) is 0 Å². The van der Waals surface area contributed by atoms with E-state index in [9.17, 15) is 0 Å². The van der Waals surface area contributed by atoms with Crippen LogP contribution >= 0.6 is 15.9 Å². The van der Waals surface area contributed by atoms with Crippen LogP contribution in [0.25, 0.3) is 5.69 Å². The first kappa shape index (κ1) is 8.25. The maximum Gasteiger partial charge on any atom is 0.166 e. The molecule has 0 saturated carbocycles. The van der Waals surface area contributed by atoms with Crippen LogP contribution in [0.4, 0.5) is 5.82 Å². The highest BCUT2D eigenvalue weighted by Gasteiger charge is 2.02. The lowest BCUT2D eigenvalue weighted by Crippen LogP contribution is -1.95. The van der Waals surface area contributed by atoms with Crippen molar-refractivity contribution < 1.29 is 0 Å². The third kappa shape index (κ3) is 1.55. The monoisotopic (exact) mass is 238 g/mol. The summed E-state index contributed by atoms with van der Waals surface area (Å²) in [6, 6.07) is 7.73. The van der Waals surface area contributed by atoms with Gasteiger partial charge >= 0.3 is 0 Å². The van der Waals surface area contributed by atoms with Crippen molar-refractivity contribution >= 4 is 21.7 Å². The molecule has 2 aromatic rings. The van der Waals surface area contributed by atoms with E-state index in [0.717, 1.165) is 10.2 Å². The number of hydrogen-bond acceptors (Lipinski definition) is 3. The van der Waals surface area contributed by atoms with E-state index in [-0.39, 0.29) is 0 Å². The standard InChI is InChI=1S/C8H7BrN4/c9-6-3-1-2-4-7(6)13-5-8(10)11-12-13/h1-5H,10H2. The number of nitrogens with zero attached hydrogens (tertiary/aromatic N) is 3. The summed E-state index contributed by atoms with van der Waals surface area (Å²) in [7, 11) is 0. The van der Waals surface area contributed by atoms with Gasteiger partial charge in [0.15, 0.2) is 5.82 Å². The predicted octanol–water partition coefficient (Wildman–Crippen LogP) is 1.61. The van der Waals surface area contributed by atoms with E-state index in [1.165, 1.54) is 0 Å². The molecule has 0 aliphatic carbocycles. The Labute approximate surface area is 83.5 Å². The molecule has 2 N–H and O–H groups in total. The van der Waals surface area contributed by atoms with Gasteiger partial charge in [-0.25, -0.2) is 4.68 Å². The zero-order chi connectivity index (χ0) is 9.26. The van der Waals surface area contributed by atoms with Crippen LogP contribution < -0.4 is 5.73 Å². The molecule has 0 amide bonds. The Kier molecular flexibility index (Phi) is 2.02. The molecule has 66 valence electrons. The number of aromatic nitrogens is 3. The van der Waals surface area contributed by atoms with E-state index in [4.69, 9.17) is 5.73 Å². The second-order valence-corrected chi connectivity index (χ2v) is 3.39. The van der Waals surface area contributed by atoms with Crippen LogP contribution in [0.5, 0.6) is 0 Å². The van der Waals surface area contributed by atoms with Gasteiger partial charge in [0, 0.05) is 4.47 Å². The van der Waals surface area contributed by atoms with Crippen molar-refractivity contribution in [3.63, 3.8) is 0 Å². The normalized spacial score (nSPS) is 10.2. The number of halogens is 1. The SMILES string of the molecule is Nc1cn(-c2ccccc2Br)nn1. The Morgan fingerprint density at radius 1 is 1.31 bits per heavy atom. The molecule has 4 nitrogen and oxygen atoms in total. The van der Waals surface area contributed by atoms with Gasteiger partial charge in [0.05, 0.1) is 11.9 Å². The van der Waals surface area contributed by atoms with Crippen molar-refractivity contribution in [3.05, 3.63) is 34.9 Å². The number of hydrogen-bond donors (Lipinski definition) is 1. The van der Waals surface area contributed by atoms with Crippen LogP contribution in [-0.4, -0.2) is 15.0 Å². The zero-order valence-electron chi connectivity index (χ0n) is 6.68. The molecule has 0 radical (unpaired) electrons. The van der Waals surface area contributed by atoms with E-state index in [1.54, 1.807) is 10.9 Å². The molecule has 5 heteroatoms. The summed E-state index contributed by atoms with van der Waals surface area (Å²) in [5, 5.41) is 7.56. The van der Waals surface area contributed by atoms with Crippen LogP contribution in [0, 0.1) is 0 Å². The fraction of sp³-hybridized carbons (Fsp3) is 0. The minimum atomic E-state index is 0.413. The highest BCUT2D eigenvalue weighted by Crippen LogP contribution is 2.19. The molecule has 0 aliphatic rings. The highest BCUT2D eigenvalue weighted by atomic mass is 79.9. The Morgan fingerprint density at radius 3 is 2.69 bits per heavy atom. The first-order chi connectivity index (χ1) is 6.27. The van der Waals surface area contributed by atoms with E-state index in [1.807, 2.05) is 24.3 Å². The van der Waals surface area contributed by atoms with Crippen molar-refractivity contribution in [1.82, 2.24) is 15.0 Å². The summed E-state index contributed by atoms with van der Waals surface area (Å²) in [5.41, 5.74) is 6.38. The quantitative estimate of drug-likeness (QED) is 0.822. The molecular formula is C8H7BrN4. The third-order valence-electron chi connectivity index (χ3n) is 1.61. The largest absolute Gasteiger partial charge is 0.381 e. The van der Waals surface area contributed by atoms with Gasteiger partial charge < -0.3 is 5.73 Å². The number of rotatable bonds is 1. The zero-order valence-corrected chi connectivity index (χ0v) is 8.27. The van der Waals surface area contributed by atoms with Gasteiger partial charge in [-0.05, 0) is 28.1 Å². The lowest BCUT2D eigenvalue weighted by Gasteiger charge is -2.01. The molecule has 2 rings (SSSR count). The molecule has 0 unspecified atom stereocenters. The second-order valence-electron chi connectivity index (χ2n) is 2.54. The van der Waals surface area contributed by atoms with Gasteiger partial charge in [-0.1, -0.05) is 17.3 Å². The van der Waals surface area contributed by atoms with Crippen LogP contribution in [0.15, 0.2) is 34.9 Å². The fourth-order valence-electron chi connectivity index (χ4n) is 1.03. The predicted molar refractivity (Wildman–Crippen MR) is 53.5 cm³/mol. The van der Waals surface area contributed by atoms with Gasteiger partial charge in [0.25, 0.3) is 0 Å². The molecule has 1 aromatic heterocycles. The van der Waals surface area contributed by atoms with Crippen LogP contribution in [0.2, 0.25) is 0 Å². The molecule has 0 saturated heterocycles. The first-order valence-electron chi connectivity index (χ1n) is 3.70. The summed E-state index contributed by atoms with van der Waals surface area (Å²) in [4.78, 5) is 0. The summed E-state index contributed by atoms with van der Waals surface area (Å²) < 4.78 is 2.58. The number of anilines is 1. The average Bonchev–Trinajstić information content (AvgIpc) is 2.53. The molecular weight excluding hydrogens is 232 g/mol. The Morgan fingerprint density at radius 2 is 2.08 bits per heavy atom. The molecule has 0 spiro atoms. The van der Waals surface area contributed by atoms with Crippen LogP contribution in [-0.2, 0) is 0 Å². The summed E-state index contributed by atoms with van der Waals surface area (Å²) in [5.74, 6) is 0.413. The summed E-state index contributed by atoms with van der Waals surface area (Å²) in [6.45, 7) is 0. The third-order valence-corrected chi connectivity index (χ3v) is 2.28. The van der Waals surface area contributed by atoms with E-state index >= 15 is 0 Å². The van der Waals surface area contributed by atoms with Crippen molar-refractivity contribution in [1.29, 1.82) is 0 Å². The Hall–Kier alpha value is -1.36. The van der Waals surface area contributed by atoms with Crippen molar-refractivity contribution in [2.24, 2.45) is 0 Å². The second kappa shape index (κ2) is 3.18. The smallest absolute Gasteiger partial charge is 0.166 e. The Balaban J connectivity index is 2.52. The summed E-state index contributed by atoms with van der Waals surface area (Å²) >= 11 is 3.41. The maximum atomic E-state index is 5.46. The van der Waals surface area contributed by atoms with Crippen molar-refractivity contribution in [2.45, 2.75) is 0 Å². The van der Waals surface area contributed by atoms with Crippen molar-refractivity contribution in [2.75, 3.05) is 5.73 Å². The van der Waals surface area contributed by atoms with E-state index < -0.39 is 0 Å². The topological polar surface area (TPSA) is 56.7 Å². The molecule has 0 aliphatic heterocycles. The maximum absolute atomic E-state index is 5.46. The fourth-order valence-corrected chi connectivity index (χ4v) is 1.50. The van der Waals surface area contributed by atoms with E-state index in [0.29, 0.717) is 5.82 Å². The first-order valence-corrected chi connectivity index (χ1v) is 4.49. The van der Waals surface area contributed by atoms with Gasteiger partial charge in [0.2, 0.25) is 0 Å². The van der Waals surface area contributed by atoms with Gasteiger partial charge in [-0.3, -0.25) is 0 Å². The molecule has 0 fully saturated rings. The minimum absolute atomic E-state index is 0.413. The Bertz CT molecular complexity index is 424. The highest BCUT2D eigenvalue weighted by molar-refractivity contribution is 9.10. The number of para-hydroxylation sites is 1. The lowest BCUT2D eigenvalue weighted by molar-refractivity contribution is 0.801. The molecule has 0 atom stereocenters. The molecule has 1 aromatic carbocycles. The molecule has 1 heterocycles. The van der Waals surface area contributed by atoms with Gasteiger partial charge in [-0.2, -0.15) is 0 Å². The number of nitrogen functional groups attached to an aromatic ring is 1. The van der Waals surface area contributed by atoms with Crippen LogP contribution in [0.3, 0.4) is 0 Å². The van der Waals surface area contributed by atoms with E-state index in [2.05, 4.69) is 26.2 Å². The lowest BCUT2D eigenvalue weighted by atomic mass is 10.3. The average molecular weight is 239 g/mol. The molecule has 13 heavy (non-hydrogen) atoms. The summed E-state index contributed by atoms with van der Waals surface area (Å²) in [6.07, 6.45) is 1.67.